The minimum Gasteiger partial charge on any atom is -0.457 e. The van der Waals surface area contributed by atoms with Crippen LogP contribution in [0.5, 0.6) is 11.5 Å². The fraction of sp³-hybridized carbons (Fsp3) is 0.185. The molecule has 1 fully saturated rings. The number of pyridine rings is 1. The summed E-state index contributed by atoms with van der Waals surface area (Å²) >= 11 is 0. The minimum absolute atomic E-state index is 0.313. The van der Waals surface area contributed by atoms with Gasteiger partial charge in [-0.05, 0) is 67.4 Å². The van der Waals surface area contributed by atoms with Crippen molar-refractivity contribution in [2.45, 2.75) is 18.9 Å². The SMILES string of the molecule is Fc1ccc(Oc2ccccc2-c2nnc3cc(-c4ccnc(NC5CCOCC5)n4)ccn23)cc1. The summed E-state index contributed by atoms with van der Waals surface area (Å²) in [5.41, 5.74) is 3.16. The van der Waals surface area contributed by atoms with Gasteiger partial charge in [-0.25, -0.2) is 14.4 Å². The number of hydrogen-bond acceptors (Lipinski definition) is 7. The van der Waals surface area contributed by atoms with Crippen molar-refractivity contribution >= 4 is 11.6 Å². The molecule has 180 valence electrons. The lowest BCUT2D eigenvalue weighted by molar-refractivity contribution is 0.0903. The number of fused-ring (bicyclic) bond motifs is 1. The third kappa shape index (κ3) is 4.60. The second-order valence-electron chi connectivity index (χ2n) is 8.52. The van der Waals surface area contributed by atoms with Gasteiger partial charge < -0.3 is 14.8 Å². The molecule has 0 spiro atoms. The second kappa shape index (κ2) is 9.71. The molecule has 9 heteroatoms. The lowest BCUT2D eigenvalue weighted by Crippen LogP contribution is -2.28. The third-order valence-corrected chi connectivity index (χ3v) is 6.09. The highest BCUT2D eigenvalue weighted by Crippen LogP contribution is 2.33. The van der Waals surface area contributed by atoms with Crippen molar-refractivity contribution in [2.24, 2.45) is 0 Å². The van der Waals surface area contributed by atoms with E-state index in [2.05, 4.69) is 20.5 Å². The van der Waals surface area contributed by atoms with Crippen molar-refractivity contribution in [3.63, 3.8) is 0 Å². The van der Waals surface area contributed by atoms with Crippen molar-refractivity contribution in [2.75, 3.05) is 18.5 Å². The van der Waals surface area contributed by atoms with E-state index in [9.17, 15) is 4.39 Å². The number of para-hydroxylation sites is 1. The fourth-order valence-corrected chi connectivity index (χ4v) is 4.22. The number of nitrogens with one attached hydrogen (secondary N) is 1. The van der Waals surface area contributed by atoms with Crippen LogP contribution >= 0.6 is 0 Å². The van der Waals surface area contributed by atoms with Gasteiger partial charge >= 0.3 is 0 Å². The highest BCUT2D eigenvalue weighted by Gasteiger charge is 2.17. The van der Waals surface area contributed by atoms with Gasteiger partial charge in [-0.15, -0.1) is 10.2 Å². The summed E-state index contributed by atoms with van der Waals surface area (Å²) in [5, 5.41) is 12.2. The van der Waals surface area contributed by atoms with Crippen molar-refractivity contribution in [1.82, 2.24) is 24.6 Å². The van der Waals surface area contributed by atoms with E-state index >= 15 is 0 Å². The van der Waals surface area contributed by atoms with Gasteiger partial charge in [0.2, 0.25) is 5.95 Å². The van der Waals surface area contributed by atoms with Crippen LogP contribution in [0.2, 0.25) is 0 Å². The maximum atomic E-state index is 13.3. The van der Waals surface area contributed by atoms with E-state index in [4.69, 9.17) is 14.5 Å². The smallest absolute Gasteiger partial charge is 0.223 e. The first-order valence-electron chi connectivity index (χ1n) is 11.8. The highest BCUT2D eigenvalue weighted by molar-refractivity contribution is 5.70. The van der Waals surface area contributed by atoms with Gasteiger partial charge in [-0.1, -0.05) is 12.1 Å². The molecule has 0 saturated carbocycles. The minimum atomic E-state index is -0.315. The zero-order chi connectivity index (χ0) is 24.3. The molecule has 1 N–H and O–H groups in total. The Hall–Kier alpha value is -4.37. The van der Waals surface area contributed by atoms with Gasteiger partial charge in [0, 0.05) is 37.2 Å². The number of halogens is 1. The predicted molar refractivity (Wildman–Crippen MR) is 133 cm³/mol. The Morgan fingerprint density at radius 1 is 0.972 bits per heavy atom. The number of rotatable bonds is 6. The molecule has 0 unspecified atom stereocenters. The summed E-state index contributed by atoms with van der Waals surface area (Å²) in [4.78, 5) is 9.09. The molecule has 36 heavy (non-hydrogen) atoms. The molecule has 0 bridgehead atoms. The lowest BCUT2D eigenvalue weighted by atomic mass is 10.1. The van der Waals surface area contributed by atoms with Crippen LogP contribution in [0.1, 0.15) is 12.8 Å². The summed E-state index contributed by atoms with van der Waals surface area (Å²) in [6, 6.07) is 19.6. The first-order valence-corrected chi connectivity index (χ1v) is 11.8. The number of hydrogen-bond donors (Lipinski definition) is 1. The van der Waals surface area contributed by atoms with E-state index in [1.54, 1.807) is 18.3 Å². The summed E-state index contributed by atoms with van der Waals surface area (Å²) in [6.07, 6.45) is 5.55. The highest BCUT2D eigenvalue weighted by atomic mass is 19.1. The molecule has 5 aromatic rings. The Kier molecular flexibility index (Phi) is 5.96. The molecule has 8 nitrogen and oxygen atoms in total. The molecular formula is C27H23FN6O2. The van der Waals surface area contributed by atoms with E-state index < -0.39 is 0 Å². The Morgan fingerprint density at radius 2 is 1.81 bits per heavy atom. The topological polar surface area (TPSA) is 86.5 Å². The molecule has 1 aliphatic rings. The Balaban J connectivity index is 1.29. The number of aromatic nitrogens is 5. The van der Waals surface area contributed by atoms with Crippen molar-refractivity contribution in [3.8, 4) is 34.1 Å². The molecule has 1 saturated heterocycles. The molecule has 4 heterocycles. The number of anilines is 1. The predicted octanol–water partition coefficient (Wildman–Crippen LogP) is 5.38. The standard InChI is InChI=1S/C27H23FN6O2/c28-19-5-7-21(8-6-19)36-24-4-2-1-3-22(24)26-33-32-25-17-18(10-14-34(25)26)23-9-13-29-27(31-23)30-20-11-15-35-16-12-20/h1-10,13-14,17,20H,11-12,15-16H2,(H,29,30,31). The van der Waals surface area contributed by atoms with Gasteiger partial charge in [0.1, 0.15) is 17.3 Å². The summed E-state index contributed by atoms with van der Waals surface area (Å²) in [5.74, 6) is 2.06. The van der Waals surface area contributed by atoms with Crippen LogP contribution in [-0.2, 0) is 4.74 Å². The van der Waals surface area contributed by atoms with Crippen LogP contribution < -0.4 is 10.1 Å². The normalized spacial score (nSPS) is 14.1. The van der Waals surface area contributed by atoms with Crippen LogP contribution in [0.25, 0.3) is 28.3 Å². The molecule has 0 atom stereocenters. The zero-order valence-electron chi connectivity index (χ0n) is 19.3. The summed E-state index contributed by atoms with van der Waals surface area (Å²) in [7, 11) is 0. The molecule has 3 aromatic heterocycles. The van der Waals surface area contributed by atoms with Crippen LogP contribution in [-0.4, -0.2) is 43.8 Å². The molecule has 0 radical (unpaired) electrons. The second-order valence-corrected chi connectivity index (χ2v) is 8.52. The van der Waals surface area contributed by atoms with E-state index in [0.717, 1.165) is 42.9 Å². The lowest BCUT2D eigenvalue weighted by Gasteiger charge is -2.23. The quantitative estimate of drug-likeness (QED) is 0.348. The summed E-state index contributed by atoms with van der Waals surface area (Å²) < 4.78 is 26.6. The van der Waals surface area contributed by atoms with Crippen molar-refractivity contribution < 1.29 is 13.9 Å². The van der Waals surface area contributed by atoms with Gasteiger partial charge in [0.15, 0.2) is 11.5 Å². The number of benzene rings is 2. The van der Waals surface area contributed by atoms with Gasteiger partial charge in [0.25, 0.3) is 0 Å². The number of nitrogens with zero attached hydrogens (tertiary/aromatic N) is 5. The van der Waals surface area contributed by atoms with Crippen molar-refractivity contribution in [1.29, 1.82) is 0 Å². The maximum absolute atomic E-state index is 13.3. The van der Waals surface area contributed by atoms with Crippen LogP contribution in [0.15, 0.2) is 79.1 Å². The molecule has 0 aliphatic carbocycles. The molecule has 2 aromatic carbocycles. The van der Waals surface area contributed by atoms with E-state index in [0.29, 0.717) is 35.0 Å². The van der Waals surface area contributed by atoms with E-state index in [-0.39, 0.29) is 5.82 Å². The zero-order valence-corrected chi connectivity index (χ0v) is 19.3. The maximum Gasteiger partial charge on any atom is 0.223 e. The molecular weight excluding hydrogens is 459 g/mol. The molecule has 0 amide bonds. The monoisotopic (exact) mass is 482 g/mol. The third-order valence-electron chi connectivity index (χ3n) is 6.09. The van der Waals surface area contributed by atoms with Crippen molar-refractivity contribution in [3.05, 3.63) is 84.9 Å². The van der Waals surface area contributed by atoms with Crippen LogP contribution in [0, 0.1) is 5.82 Å². The van der Waals surface area contributed by atoms with Gasteiger partial charge in [0.05, 0.1) is 11.3 Å². The van der Waals surface area contributed by atoms with Gasteiger partial charge in [-0.3, -0.25) is 4.40 Å². The summed E-state index contributed by atoms with van der Waals surface area (Å²) in [6.45, 7) is 1.50. The molecule has 6 rings (SSSR count). The van der Waals surface area contributed by atoms with E-state index in [1.165, 1.54) is 12.1 Å². The Morgan fingerprint density at radius 3 is 2.67 bits per heavy atom. The number of ether oxygens (including phenoxy) is 2. The Bertz CT molecular complexity index is 1500. The molecule has 1 aliphatic heterocycles. The average molecular weight is 483 g/mol. The van der Waals surface area contributed by atoms with Gasteiger partial charge in [-0.2, -0.15) is 0 Å². The first-order chi connectivity index (χ1) is 17.7. The average Bonchev–Trinajstić information content (AvgIpc) is 3.34. The largest absolute Gasteiger partial charge is 0.457 e. The van der Waals surface area contributed by atoms with Crippen LogP contribution in [0.4, 0.5) is 10.3 Å². The Labute approximate surface area is 206 Å². The first kappa shape index (κ1) is 22.1. The van der Waals surface area contributed by atoms with E-state index in [1.807, 2.05) is 53.1 Å². The fourth-order valence-electron chi connectivity index (χ4n) is 4.22. The van der Waals surface area contributed by atoms with Crippen LogP contribution in [0.3, 0.4) is 0 Å².